The zero-order valence-electron chi connectivity index (χ0n) is 17.0. The summed E-state index contributed by atoms with van der Waals surface area (Å²) in [6.07, 6.45) is 0. The van der Waals surface area contributed by atoms with E-state index in [0.717, 1.165) is 10.0 Å². The standard InChI is InChI=1S/C22H24BrN3O3S/c1-3-25(14-16-7-5-4-6-8-16)20(27)15-30-22-24-19-10-9-17(23)13-18(19)21(28)26(22)11-12-29-2/h4-10,13H,3,11-12,14-15H2,1-2H3. The average Bonchev–Trinajstić information content (AvgIpc) is 2.76. The Hall–Kier alpha value is -2.16. The van der Waals surface area contributed by atoms with Gasteiger partial charge in [0.05, 0.1) is 29.8 Å². The fourth-order valence-corrected chi connectivity index (χ4v) is 4.35. The number of benzene rings is 2. The predicted octanol–water partition coefficient (Wildman–Crippen LogP) is 3.95. The Kier molecular flexibility index (Phi) is 8.07. The number of methoxy groups -OCH3 is 1. The van der Waals surface area contributed by atoms with Crippen molar-refractivity contribution in [3.63, 3.8) is 0 Å². The van der Waals surface area contributed by atoms with Crippen molar-refractivity contribution in [1.82, 2.24) is 14.5 Å². The first-order valence-corrected chi connectivity index (χ1v) is 11.4. The van der Waals surface area contributed by atoms with Gasteiger partial charge in [-0.3, -0.25) is 14.2 Å². The first kappa shape index (κ1) is 22.5. The lowest BCUT2D eigenvalue weighted by atomic mass is 10.2. The van der Waals surface area contributed by atoms with E-state index in [0.29, 0.717) is 42.3 Å². The molecule has 30 heavy (non-hydrogen) atoms. The number of rotatable bonds is 9. The smallest absolute Gasteiger partial charge is 0.262 e. The molecule has 0 spiro atoms. The summed E-state index contributed by atoms with van der Waals surface area (Å²) in [5.74, 6) is 0.220. The summed E-state index contributed by atoms with van der Waals surface area (Å²) in [4.78, 5) is 32.3. The van der Waals surface area contributed by atoms with Gasteiger partial charge in [-0.05, 0) is 30.7 Å². The highest BCUT2D eigenvalue weighted by Gasteiger charge is 2.17. The van der Waals surface area contributed by atoms with Crippen LogP contribution in [-0.4, -0.2) is 46.4 Å². The van der Waals surface area contributed by atoms with Crippen LogP contribution in [0.4, 0.5) is 0 Å². The average molecular weight is 490 g/mol. The van der Waals surface area contributed by atoms with Crippen LogP contribution in [0.15, 0.2) is 63.0 Å². The van der Waals surface area contributed by atoms with E-state index in [2.05, 4.69) is 20.9 Å². The Bertz CT molecular complexity index is 1070. The number of carbonyl (C=O) groups is 1. The van der Waals surface area contributed by atoms with Crippen LogP contribution >= 0.6 is 27.7 Å². The molecule has 0 atom stereocenters. The quantitative estimate of drug-likeness (QED) is 0.336. The number of thioether (sulfide) groups is 1. The van der Waals surface area contributed by atoms with E-state index in [-0.39, 0.29) is 17.2 Å². The zero-order chi connectivity index (χ0) is 21.5. The normalized spacial score (nSPS) is 11.0. The third-order valence-electron chi connectivity index (χ3n) is 4.68. The highest BCUT2D eigenvalue weighted by molar-refractivity contribution is 9.10. The topological polar surface area (TPSA) is 64.4 Å². The van der Waals surface area contributed by atoms with Crippen molar-refractivity contribution in [2.75, 3.05) is 26.0 Å². The maximum absolute atomic E-state index is 13.0. The summed E-state index contributed by atoms with van der Waals surface area (Å²) >= 11 is 4.69. The molecule has 8 heteroatoms. The third kappa shape index (κ3) is 5.50. The molecule has 3 aromatic rings. The van der Waals surface area contributed by atoms with Crippen LogP contribution in [0.2, 0.25) is 0 Å². The highest BCUT2D eigenvalue weighted by atomic mass is 79.9. The summed E-state index contributed by atoms with van der Waals surface area (Å²) in [7, 11) is 1.59. The van der Waals surface area contributed by atoms with Crippen molar-refractivity contribution in [2.45, 2.75) is 25.2 Å². The second-order valence-corrected chi connectivity index (χ2v) is 8.55. The van der Waals surface area contributed by atoms with Gasteiger partial charge in [-0.25, -0.2) is 4.98 Å². The van der Waals surface area contributed by atoms with E-state index < -0.39 is 0 Å². The molecule has 0 aliphatic heterocycles. The van der Waals surface area contributed by atoms with Crippen molar-refractivity contribution >= 4 is 44.5 Å². The SMILES string of the molecule is CCN(Cc1ccccc1)C(=O)CSc1nc2ccc(Br)cc2c(=O)n1CCOC. The van der Waals surface area contributed by atoms with E-state index in [1.165, 1.54) is 11.8 Å². The number of nitrogens with zero attached hydrogens (tertiary/aromatic N) is 3. The van der Waals surface area contributed by atoms with E-state index in [1.807, 2.05) is 43.3 Å². The minimum atomic E-state index is -0.134. The molecule has 2 aromatic carbocycles. The number of fused-ring (bicyclic) bond motifs is 1. The molecule has 0 saturated heterocycles. The fourth-order valence-electron chi connectivity index (χ4n) is 3.06. The van der Waals surface area contributed by atoms with Gasteiger partial charge in [-0.1, -0.05) is 58.0 Å². The minimum Gasteiger partial charge on any atom is -0.383 e. The van der Waals surface area contributed by atoms with Crippen molar-refractivity contribution in [3.8, 4) is 0 Å². The Morgan fingerprint density at radius 1 is 1.23 bits per heavy atom. The molecule has 1 heterocycles. The number of hydrogen-bond acceptors (Lipinski definition) is 5. The lowest BCUT2D eigenvalue weighted by Crippen LogP contribution is -2.32. The van der Waals surface area contributed by atoms with Gasteiger partial charge in [0.1, 0.15) is 0 Å². The maximum Gasteiger partial charge on any atom is 0.262 e. The zero-order valence-corrected chi connectivity index (χ0v) is 19.4. The Morgan fingerprint density at radius 3 is 2.70 bits per heavy atom. The summed E-state index contributed by atoms with van der Waals surface area (Å²) in [6, 6.07) is 15.3. The maximum atomic E-state index is 13.0. The molecule has 0 N–H and O–H groups in total. The first-order valence-electron chi connectivity index (χ1n) is 9.67. The van der Waals surface area contributed by atoms with Crippen molar-refractivity contribution < 1.29 is 9.53 Å². The molecule has 0 aliphatic rings. The molecule has 0 aliphatic carbocycles. The number of hydrogen-bond donors (Lipinski definition) is 0. The second kappa shape index (κ2) is 10.7. The molecule has 0 unspecified atom stereocenters. The van der Waals surface area contributed by atoms with E-state index >= 15 is 0 Å². The summed E-state index contributed by atoms with van der Waals surface area (Å²) in [6.45, 7) is 3.91. The van der Waals surface area contributed by atoms with Gasteiger partial charge >= 0.3 is 0 Å². The Labute approximate surface area is 188 Å². The monoisotopic (exact) mass is 489 g/mol. The van der Waals surface area contributed by atoms with Crippen molar-refractivity contribution in [2.24, 2.45) is 0 Å². The molecular weight excluding hydrogens is 466 g/mol. The molecule has 6 nitrogen and oxygen atoms in total. The van der Waals surface area contributed by atoms with Gasteiger partial charge in [0.2, 0.25) is 5.91 Å². The fraction of sp³-hybridized carbons (Fsp3) is 0.318. The summed E-state index contributed by atoms with van der Waals surface area (Å²) in [5, 5.41) is 1.06. The third-order valence-corrected chi connectivity index (χ3v) is 6.13. The van der Waals surface area contributed by atoms with Gasteiger partial charge in [0.25, 0.3) is 5.56 Å². The van der Waals surface area contributed by atoms with Gasteiger partial charge < -0.3 is 9.64 Å². The first-order chi connectivity index (χ1) is 14.5. The van der Waals surface area contributed by atoms with Gasteiger partial charge in [-0.15, -0.1) is 0 Å². The molecule has 0 bridgehead atoms. The molecular formula is C22H24BrN3O3S. The number of amides is 1. The summed E-state index contributed by atoms with van der Waals surface area (Å²) < 4.78 is 7.57. The van der Waals surface area contributed by atoms with E-state index in [9.17, 15) is 9.59 Å². The van der Waals surface area contributed by atoms with Crippen molar-refractivity contribution in [1.29, 1.82) is 0 Å². The molecule has 158 valence electrons. The van der Waals surface area contributed by atoms with E-state index in [1.54, 1.807) is 28.7 Å². The highest BCUT2D eigenvalue weighted by Crippen LogP contribution is 2.21. The lowest BCUT2D eigenvalue weighted by Gasteiger charge is -2.21. The number of ether oxygens (including phenoxy) is 1. The van der Waals surface area contributed by atoms with Crippen LogP contribution in [-0.2, 0) is 22.6 Å². The van der Waals surface area contributed by atoms with Crippen LogP contribution in [0.1, 0.15) is 12.5 Å². The van der Waals surface area contributed by atoms with Crippen LogP contribution in [0.3, 0.4) is 0 Å². The van der Waals surface area contributed by atoms with Crippen LogP contribution in [0.25, 0.3) is 10.9 Å². The van der Waals surface area contributed by atoms with Crippen LogP contribution in [0.5, 0.6) is 0 Å². The van der Waals surface area contributed by atoms with Crippen LogP contribution < -0.4 is 5.56 Å². The molecule has 1 aromatic heterocycles. The molecule has 0 radical (unpaired) electrons. The lowest BCUT2D eigenvalue weighted by molar-refractivity contribution is -0.128. The van der Waals surface area contributed by atoms with Gasteiger partial charge in [-0.2, -0.15) is 0 Å². The molecule has 0 fully saturated rings. The summed E-state index contributed by atoms with van der Waals surface area (Å²) in [5.41, 5.74) is 1.57. The van der Waals surface area contributed by atoms with Crippen molar-refractivity contribution in [3.05, 3.63) is 68.9 Å². The largest absolute Gasteiger partial charge is 0.383 e. The molecule has 1 amide bonds. The number of carbonyl (C=O) groups excluding carboxylic acids is 1. The van der Waals surface area contributed by atoms with Gasteiger partial charge in [0.15, 0.2) is 5.16 Å². The number of halogens is 1. The number of aromatic nitrogens is 2. The Balaban J connectivity index is 1.82. The Morgan fingerprint density at radius 2 is 2.00 bits per heavy atom. The molecule has 0 saturated carbocycles. The second-order valence-electron chi connectivity index (χ2n) is 6.69. The predicted molar refractivity (Wildman–Crippen MR) is 124 cm³/mol. The molecule has 3 rings (SSSR count). The minimum absolute atomic E-state index is 0.00907. The van der Waals surface area contributed by atoms with Gasteiger partial charge in [0, 0.05) is 24.7 Å². The van der Waals surface area contributed by atoms with Crippen LogP contribution in [0, 0.1) is 0 Å². The van der Waals surface area contributed by atoms with E-state index in [4.69, 9.17) is 4.74 Å².